The van der Waals surface area contributed by atoms with Crippen molar-refractivity contribution < 1.29 is 28.8 Å². The van der Waals surface area contributed by atoms with Crippen molar-refractivity contribution in [3.8, 4) is 0 Å². The number of carbonyl (C=O) groups excluding carboxylic acids is 6. The minimum Gasteiger partial charge on any atom is -0.357 e. The molecule has 3 atom stereocenters. The molecule has 0 spiro atoms. The summed E-state index contributed by atoms with van der Waals surface area (Å²) in [4.78, 5) is 74.2. The van der Waals surface area contributed by atoms with Gasteiger partial charge in [0.1, 0.15) is 12.1 Å². The number of hydrogen-bond donors (Lipinski definition) is 4. The summed E-state index contributed by atoms with van der Waals surface area (Å²) in [6.07, 6.45) is 8.35. The molecule has 6 amide bonds. The molecule has 1 saturated heterocycles. The van der Waals surface area contributed by atoms with Crippen molar-refractivity contribution in [1.29, 1.82) is 0 Å². The van der Waals surface area contributed by atoms with Crippen molar-refractivity contribution in [2.24, 2.45) is 5.92 Å². The van der Waals surface area contributed by atoms with Gasteiger partial charge in [0.25, 0.3) is 0 Å². The molecule has 0 saturated carbocycles. The third-order valence-electron chi connectivity index (χ3n) is 5.69. The van der Waals surface area contributed by atoms with Crippen LogP contribution in [0.5, 0.6) is 0 Å². The predicted octanol–water partition coefficient (Wildman–Crippen LogP) is -0.710. The summed E-state index contributed by atoms with van der Waals surface area (Å²) < 4.78 is 0. The molecule has 1 aliphatic carbocycles. The van der Waals surface area contributed by atoms with Crippen LogP contribution in [0.1, 0.15) is 46.0 Å². The number of carbonyl (C=O) groups is 6. The van der Waals surface area contributed by atoms with E-state index in [0.29, 0.717) is 6.42 Å². The smallest absolute Gasteiger partial charge is 0.243 e. The summed E-state index contributed by atoms with van der Waals surface area (Å²) in [6.45, 7) is 2.49. The highest BCUT2D eigenvalue weighted by Gasteiger charge is 2.42. The number of likely N-dealkylation sites (N-methyl/N-ethyl adjacent to an activating group) is 1. The van der Waals surface area contributed by atoms with Gasteiger partial charge in [-0.15, -0.1) is 0 Å². The van der Waals surface area contributed by atoms with Crippen LogP contribution in [-0.2, 0) is 28.8 Å². The minimum absolute atomic E-state index is 0.0584. The standard InChI is InChI=1S/C23H33N5O6/c1-4-17(28-20(31)10-14(2)23(28)34)22(33)26-12-18(29)25-13-19(30)27-16(21(32)24-3)11-15-8-6-5-7-9-15/h6,8-9,14,16-17H,4-5,7,10-13H2,1-3H3,(H,24,32)(H,25,29)(H,26,33)(H,27,30). The molecule has 0 aromatic rings. The van der Waals surface area contributed by atoms with Gasteiger partial charge in [-0.05, 0) is 24.8 Å². The van der Waals surface area contributed by atoms with Crippen LogP contribution in [0.15, 0.2) is 23.8 Å². The lowest BCUT2D eigenvalue weighted by Crippen LogP contribution is -2.52. The van der Waals surface area contributed by atoms with Crippen molar-refractivity contribution >= 4 is 35.4 Å². The van der Waals surface area contributed by atoms with Gasteiger partial charge in [-0.3, -0.25) is 33.7 Å². The number of nitrogens with one attached hydrogen (secondary N) is 4. The molecule has 0 aromatic carbocycles. The highest BCUT2D eigenvalue weighted by Crippen LogP contribution is 2.22. The summed E-state index contributed by atoms with van der Waals surface area (Å²) in [5.41, 5.74) is 0.946. The van der Waals surface area contributed by atoms with Crippen LogP contribution in [-0.4, -0.2) is 72.6 Å². The maximum absolute atomic E-state index is 12.5. The van der Waals surface area contributed by atoms with Crippen LogP contribution in [0.4, 0.5) is 0 Å². The van der Waals surface area contributed by atoms with E-state index in [1.165, 1.54) is 7.05 Å². The molecule has 186 valence electrons. The molecule has 0 aromatic heterocycles. The molecule has 2 rings (SSSR count). The largest absolute Gasteiger partial charge is 0.357 e. The Kier molecular flexibility index (Phi) is 9.96. The van der Waals surface area contributed by atoms with Gasteiger partial charge in [0.05, 0.1) is 13.1 Å². The third kappa shape index (κ3) is 7.26. The van der Waals surface area contributed by atoms with E-state index in [-0.39, 0.29) is 25.3 Å². The number of rotatable bonds is 11. The third-order valence-corrected chi connectivity index (χ3v) is 5.69. The Balaban J connectivity index is 1.81. The Morgan fingerprint density at radius 3 is 2.32 bits per heavy atom. The number of allylic oxidation sites excluding steroid dienone is 3. The second-order valence-corrected chi connectivity index (χ2v) is 8.32. The first kappa shape index (κ1) is 26.7. The maximum Gasteiger partial charge on any atom is 0.243 e. The van der Waals surface area contributed by atoms with E-state index in [9.17, 15) is 28.8 Å². The van der Waals surface area contributed by atoms with Gasteiger partial charge in [0.2, 0.25) is 35.4 Å². The fourth-order valence-electron chi connectivity index (χ4n) is 3.83. The van der Waals surface area contributed by atoms with Gasteiger partial charge in [-0.1, -0.05) is 32.1 Å². The lowest BCUT2D eigenvalue weighted by atomic mass is 9.99. The molecule has 11 heteroatoms. The van der Waals surface area contributed by atoms with E-state index in [1.807, 2.05) is 18.2 Å². The van der Waals surface area contributed by atoms with Gasteiger partial charge in [0, 0.05) is 25.8 Å². The zero-order chi connectivity index (χ0) is 25.3. The van der Waals surface area contributed by atoms with Crippen LogP contribution in [0.2, 0.25) is 0 Å². The Morgan fingerprint density at radius 1 is 1.06 bits per heavy atom. The first-order valence-electron chi connectivity index (χ1n) is 11.4. The van der Waals surface area contributed by atoms with Crippen molar-refractivity contribution in [3.63, 3.8) is 0 Å². The molecule has 0 radical (unpaired) electrons. The van der Waals surface area contributed by atoms with Crippen LogP contribution in [0.25, 0.3) is 0 Å². The van der Waals surface area contributed by atoms with Crippen LogP contribution in [0.3, 0.4) is 0 Å². The molecule has 1 fully saturated rings. The highest BCUT2D eigenvalue weighted by atomic mass is 16.2. The fraction of sp³-hybridized carbons (Fsp3) is 0.565. The number of imide groups is 1. The quantitative estimate of drug-likeness (QED) is 0.290. The Bertz CT molecular complexity index is 896. The normalized spacial score (nSPS) is 19.2. The van der Waals surface area contributed by atoms with E-state index in [0.717, 1.165) is 23.3 Å². The molecule has 11 nitrogen and oxygen atoms in total. The van der Waals surface area contributed by atoms with Crippen LogP contribution in [0, 0.1) is 5.92 Å². The summed E-state index contributed by atoms with van der Waals surface area (Å²) in [7, 11) is 1.48. The van der Waals surface area contributed by atoms with E-state index in [4.69, 9.17) is 0 Å². The number of amides is 6. The Morgan fingerprint density at radius 2 is 1.76 bits per heavy atom. The zero-order valence-electron chi connectivity index (χ0n) is 19.8. The summed E-state index contributed by atoms with van der Waals surface area (Å²) in [6, 6.07) is -1.77. The van der Waals surface area contributed by atoms with Crippen molar-refractivity contribution in [1.82, 2.24) is 26.2 Å². The van der Waals surface area contributed by atoms with Crippen LogP contribution < -0.4 is 21.3 Å². The lowest BCUT2D eigenvalue weighted by molar-refractivity contribution is -0.147. The maximum atomic E-state index is 12.5. The van der Waals surface area contributed by atoms with Gasteiger partial charge < -0.3 is 21.3 Å². The molecular weight excluding hydrogens is 442 g/mol. The monoisotopic (exact) mass is 475 g/mol. The second-order valence-electron chi connectivity index (χ2n) is 8.32. The SMILES string of the molecule is CCC(C(=O)NCC(=O)NCC(=O)NC(CC1=CCCC=C1)C(=O)NC)N1C(=O)CC(C)C1=O. The molecule has 0 bridgehead atoms. The first-order chi connectivity index (χ1) is 16.2. The predicted molar refractivity (Wildman–Crippen MR) is 123 cm³/mol. The summed E-state index contributed by atoms with van der Waals surface area (Å²) in [5, 5.41) is 9.90. The summed E-state index contributed by atoms with van der Waals surface area (Å²) in [5.74, 6) is -3.43. The summed E-state index contributed by atoms with van der Waals surface area (Å²) >= 11 is 0. The van der Waals surface area contributed by atoms with E-state index in [2.05, 4.69) is 21.3 Å². The van der Waals surface area contributed by atoms with Gasteiger partial charge in [-0.25, -0.2) is 0 Å². The Hall–Kier alpha value is -3.50. The molecule has 1 heterocycles. The molecule has 34 heavy (non-hydrogen) atoms. The number of nitrogens with zero attached hydrogens (tertiary/aromatic N) is 1. The zero-order valence-corrected chi connectivity index (χ0v) is 19.8. The average Bonchev–Trinajstić information content (AvgIpc) is 3.08. The van der Waals surface area contributed by atoms with E-state index >= 15 is 0 Å². The highest BCUT2D eigenvalue weighted by molar-refractivity contribution is 6.07. The van der Waals surface area contributed by atoms with Gasteiger partial charge in [0.15, 0.2) is 0 Å². The second kappa shape index (κ2) is 12.7. The molecule has 4 N–H and O–H groups in total. The van der Waals surface area contributed by atoms with Crippen molar-refractivity contribution in [3.05, 3.63) is 23.8 Å². The minimum atomic E-state index is -0.988. The average molecular weight is 476 g/mol. The molecule has 1 aliphatic heterocycles. The first-order valence-corrected chi connectivity index (χ1v) is 11.4. The molecule has 3 unspecified atom stereocenters. The van der Waals surface area contributed by atoms with E-state index in [1.54, 1.807) is 13.8 Å². The van der Waals surface area contributed by atoms with Crippen molar-refractivity contribution in [2.45, 2.75) is 58.0 Å². The van der Waals surface area contributed by atoms with Gasteiger partial charge >= 0.3 is 0 Å². The lowest BCUT2D eigenvalue weighted by Gasteiger charge is -2.24. The van der Waals surface area contributed by atoms with Crippen molar-refractivity contribution in [2.75, 3.05) is 20.1 Å². The number of likely N-dealkylation sites (tertiary alicyclic amines) is 1. The molecular formula is C23H33N5O6. The van der Waals surface area contributed by atoms with Gasteiger partial charge in [-0.2, -0.15) is 0 Å². The Labute approximate surface area is 198 Å². The molecule has 2 aliphatic rings. The van der Waals surface area contributed by atoms with Crippen LogP contribution >= 0.6 is 0 Å². The van der Waals surface area contributed by atoms with E-state index < -0.39 is 54.1 Å². The topological polar surface area (TPSA) is 154 Å². The fourth-order valence-corrected chi connectivity index (χ4v) is 3.83. The number of hydrogen-bond acceptors (Lipinski definition) is 6.